The normalized spacial score (nSPS) is 12.6. The molecule has 120 valence electrons. The number of nitrogens with one attached hydrogen (secondary N) is 1. The van der Waals surface area contributed by atoms with E-state index in [1.54, 1.807) is 6.07 Å². The maximum absolute atomic E-state index is 13.8. The van der Waals surface area contributed by atoms with Gasteiger partial charge in [-0.05, 0) is 63.3 Å². The van der Waals surface area contributed by atoms with E-state index in [9.17, 15) is 4.39 Å². The highest BCUT2D eigenvalue weighted by Gasteiger charge is 2.11. The van der Waals surface area contributed by atoms with Crippen molar-refractivity contribution in [3.63, 3.8) is 0 Å². The van der Waals surface area contributed by atoms with Gasteiger partial charge in [-0.3, -0.25) is 4.68 Å². The van der Waals surface area contributed by atoms with E-state index in [-0.39, 0.29) is 11.9 Å². The molecule has 1 N–H and O–H groups in total. The number of halogens is 1. The maximum atomic E-state index is 13.8. The van der Waals surface area contributed by atoms with E-state index in [0.717, 1.165) is 24.2 Å². The Hall–Kier alpha value is -1.33. The van der Waals surface area contributed by atoms with Crippen molar-refractivity contribution in [3.05, 3.63) is 46.5 Å². The van der Waals surface area contributed by atoms with Gasteiger partial charge in [-0.2, -0.15) is 5.10 Å². The summed E-state index contributed by atoms with van der Waals surface area (Å²) >= 11 is 1.43. The van der Waals surface area contributed by atoms with Crippen LogP contribution in [-0.4, -0.2) is 22.6 Å². The fraction of sp³-hybridized carbons (Fsp3) is 0.471. The highest BCUT2D eigenvalue weighted by Crippen LogP contribution is 2.23. The fourth-order valence-corrected chi connectivity index (χ4v) is 3.12. The molecule has 0 amide bonds. The molecule has 0 bridgehead atoms. The minimum Gasteiger partial charge on any atom is -0.310 e. The van der Waals surface area contributed by atoms with Crippen LogP contribution in [-0.2, 0) is 13.5 Å². The third kappa shape index (κ3) is 3.70. The molecule has 0 saturated heterocycles. The van der Waals surface area contributed by atoms with Gasteiger partial charge in [0.25, 0.3) is 0 Å². The first-order valence-electron chi connectivity index (χ1n) is 7.50. The Morgan fingerprint density at radius 2 is 2.09 bits per heavy atom. The summed E-state index contributed by atoms with van der Waals surface area (Å²) in [5, 5.41) is 7.90. The SMILES string of the molecule is CSc1ccc([C@H](C)NCCc2c(C)nn(C)c2C)cc1F. The highest BCUT2D eigenvalue weighted by atomic mass is 32.2. The van der Waals surface area contributed by atoms with Gasteiger partial charge in [-0.15, -0.1) is 11.8 Å². The van der Waals surface area contributed by atoms with E-state index >= 15 is 0 Å². The summed E-state index contributed by atoms with van der Waals surface area (Å²) in [4.78, 5) is 0.692. The summed E-state index contributed by atoms with van der Waals surface area (Å²) in [5.74, 6) is -0.141. The Labute approximate surface area is 136 Å². The number of thioether (sulfide) groups is 1. The van der Waals surface area contributed by atoms with Crippen LogP contribution in [0.3, 0.4) is 0 Å². The number of aryl methyl sites for hydroxylation is 2. The molecular formula is C17H24FN3S. The molecule has 0 aliphatic heterocycles. The van der Waals surface area contributed by atoms with Gasteiger partial charge in [0.2, 0.25) is 0 Å². The molecule has 5 heteroatoms. The van der Waals surface area contributed by atoms with Gasteiger partial charge in [0, 0.05) is 23.7 Å². The predicted octanol–water partition coefficient (Wildman–Crippen LogP) is 3.79. The molecule has 1 aromatic carbocycles. The topological polar surface area (TPSA) is 29.9 Å². The molecule has 1 atom stereocenters. The zero-order valence-electron chi connectivity index (χ0n) is 13.9. The summed E-state index contributed by atoms with van der Waals surface area (Å²) in [7, 11) is 1.97. The van der Waals surface area contributed by atoms with Gasteiger partial charge < -0.3 is 5.32 Å². The number of benzene rings is 1. The van der Waals surface area contributed by atoms with Crippen molar-refractivity contribution in [2.75, 3.05) is 12.8 Å². The van der Waals surface area contributed by atoms with Crippen molar-refractivity contribution in [2.45, 2.75) is 38.1 Å². The Morgan fingerprint density at radius 1 is 1.36 bits per heavy atom. The van der Waals surface area contributed by atoms with E-state index < -0.39 is 0 Å². The summed E-state index contributed by atoms with van der Waals surface area (Å²) in [6.07, 6.45) is 2.82. The summed E-state index contributed by atoms with van der Waals surface area (Å²) < 4.78 is 15.8. The number of hydrogen-bond acceptors (Lipinski definition) is 3. The molecule has 0 spiro atoms. The molecule has 0 saturated carbocycles. The quantitative estimate of drug-likeness (QED) is 0.821. The largest absolute Gasteiger partial charge is 0.310 e. The molecule has 22 heavy (non-hydrogen) atoms. The number of nitrogens with zero attached hydrogens (tertiary/aromatic N) is 2. The molecular weight excluding hydrogens is 297 g/mol. The van der Waals surface area contributed by atoms with Crippen LogP contribution in [0.4, 0.5) is 4.39 Å². The highest BCUT2D eigenvalue weighted by molar-refractivity contribution is 7.98. The van der Waals surface area contributed by atoms with Crippen LogP contribution in [0, 0.1) is 19.7 Å². The molecule has 0 unspecified atom stereocenters. The van der Waals surface area contributed by atoms with E-state index in [0.29, 0.717) is 4.90 Å². The van der Waals surface area contributed by atoms with Gasteiger partial charge in [0.15, 0.2) is 0 Å². The van der Waals surface area contributed by atoms with Crippen LogP contribution in [0.15, 0.2) is 23.1 Å². The summed E-state index contributed by atoms with van der Waals surface area (Å²) in [5.41, 5.74) is 4.58. The average molecular weight is 321 g/mol. The minimum atomic E-state index is -0.141. The first-order chi connectivity index (χ1) is 10.4. The molecule has 0 radical (unpaired) electrons. The van der Waals surface area contributed by atoms with Crippen molar-refractivity contribution in [1.29, 1.82) is 0 Å². The van der Waals surface area contributed by atoms with E-state index in [2.05, 4.69) is 24.3 Å². The lowest BCUT2D eigenvalue weighted by Crippen LogP contribution is -2.21. The smallest absolute Gasteiger partial charge is 0.137 e. The number of rotatable bonds is 6. The molecule has 2 rings (SSSR count). The first kappa shape index (κ1) is 17.0. The monoisotopic (exact) mass is 321 g/mol. The van der Waals surface area contributed by atoms with Crippen molar-refractivity contribution in [2.24, 2.45) is 7.05 Å². The molecule has 0 aliphatic carbocycles. The van der Waals surface area contributed by atoms with Crippen molar-refractivity contribution in [1.82, 2.24) is 15.1 Å². The van der Waals surface area contributed by atoms with Crippen molar-refractivity contribution >= 4 is 11.8 Å². The van der Waals surface area contributed by atoms with Crippen molar-refractivity contribution < 1.29 is 4.39 Å². The lowest BCUT2D eigenvalue weighted by Gasteiger charge is -2.15. The van der Waals surface area contributed by atoms with Gasteiger partial charge >= 0.3 is 0 Å². The average Bonchev–Trinajstić information content (AvgIpc) is 2.73. The summed E-state index contributed by atoms with van der Waals surface area (Å²) in [6, 6.07) is 5.60. The second-order valence-corrected chi connectivity index (χ2v) is 6.44. The Morgan fingerprint density at radius 3 is 2.64 bits per heavy atom. The van der Waals surface area contributed by atoms with E-state index in [1.165, 1.54) is 23.0 Å². The molecule has 0 fully saturated rings. The second-order valence-electron chi connectivity index (χ2n) is 5.59. The molecule has 0 aliphatic rings. The van der Waals surface area contributed by atoms with Gasteiger partial charge in [0.1, 0.15) is 5.82 Å². The number of aromatic nitrogens is 2. The molecule has 2 aromatic rings. The van der Waals surface area contributed by atoms with E-state index in [1.807, 2.05) is 37.0 Å². The Bertz CT molecular complexity index is 652. The standard InChI is InChI=1S/C17H24FN3S/c1-11(14-6-7-17(22-5)16(18)10-14)19-9-8-15-12(2)20-21(4)13(15)3/h6-7,10-11,19H,8-9H2,1-5H3/t11-/m0/s1. The Kier molecular flexibility index (Phi) is 5.64. The van der Waals surface area contributed by atoms with Gasteiger partial charge in [0.05, 0.1) is 5.69 Å². The van der Waals surface area contributed by atoms with Crippen LogP contribution in [0.1, 0.15) is 35.5 Å². The minimum absolute atomic E-state index is 0.127. The van der Waals surface area contributed by atoms with Crippen LogP contribution in [0.2, 0.25) is 0 Å². The third-order valence-corrected chi connectivity index (χ3v) is 4.93. The predicted molar refractivity (Wildman–Crippen MR) is 91.0 cm³/mol. The summed E-state index contributed by atoms with van der Waals surface area (Å²) in [6.45, 7) is 7.05. The molecule has 1 aromatic heterocycles. The number of hydrogen-bond donors (Lipinski definition) is 1. The second kappa shape index (κ2) is 7.29. The lowest BCUT2D eigenvalue weighted by atomic mass is 10.1. The van der Waals surface area contributed by atoms with Gasteiger partial charge in [-0.25, -0.2) is 4.39 Å². The van der Waals surface area contributed by atoms with Crippen LogP contribution >= 0.6 is 11.8 Å². The van der Waals surface area contributed by atoms with Crippen LogP contribution in [0.25, 0.3) is 0 Å². The van der Waals surface area contributed by atoms with Gasteiger partial charge in [-0.1, -0.05) is 6.07 Å². The zero-order valence-corrected chi connectivity index (χ0v) is 14.7. The van der Waals surface area contributed by atoms with E-state index in [4.69, 9.17) is 0 Å². The molecule has 1 heterocycles. The third-order valence-electron chi connectivity index (χ3n) is 4.16. The fourth-order valence-electron chi connectivity index (χ4n) is 2.66. The van der Waals surface area contributed by atoms with Crippen LogP contribution in [0.5, 0.6) is 0 Å². The van der Waals surface area contributed by atoms with Crippen molar-refractivity contribution in [3.8, 4) is 0 Å². The maximum Gasteiger partial charge on any atom is 0.137 e. The zero-order chi connectivity index (χ0) is 16.3. The Balaban J connectivity index is 1.95. The van der Waals surface area contributed by atoms with Crippen LogP contribution < -0.4 is 5.32 Å². The first-order valence-corrected chi connectivity index (χ1v) is 8.72. The molecule has 3 nitrogen and oxygen atoms in total. The lowest BCUT2D eigenvalue weighted by molar-refractivity contribution is 0.559.